The molecule has 0 radical (unpaired) electrons. The van der Waals surface area contributed by atoms with E-state index in [1.807, 2.05) is 39.2 Å². The number of hydrogen-bond acceptors (Lipinski definition) is 4. The lowest BCUT2D eigenvalue weighted by Crippen LogP contribution is -2.42. The van der Waals surface area contributed by atoms with E-state index >= 15 is 0 Å². The van der Waals surface area contributed by atoms with E-state index in [-0.39, 0.29) is 29.9 Å². The number of aromatic nitrogens is 1. The Bertz CT molecular complexity index is 621. The molecule has 0 aromatic carbocycles. The summed E-state index contributed by atoms with van der Waals surface area (Å²) < 4.78 is 0. The molecule has 1 aliphatic rings. The van der Waals surface area contributed by atoms with E-state index in [1.54, 1.807) is 0 Å². The van der Waals surface area contributed by atoms with Crippen molar-refractivity contribution in [3.05, 3.63) is 15.6 Å². The van der Waals surface area contributed by atoms with E-state index in [4.69, 9.17) is 9.98 Å². The Morgan fingerprint density at radius 2 is 1.89 bits per heavy atom. The van der Waals surface area contributed by atoms with Crippen LogP contribution in [0.3, 0.4) is 0 Å². The maximum absolute atomic E-state index is 12.2. The molecule has 1 amide bonds. The maximum atomic E-state index is 12.2. The number of nitrogens with one attached hydrogen (secondary N) is 2. The molecule has 1 aromatic rings. The maximum Gasteiger partial charge on any atom is 0.227 e. The predicted molar refractivity (Wildman–Crippen MR) is 124 cm³/mol. The highest BCUT2D eigenvalue weighted by atomic mass is 127. The Morgan fingerprint density at radius 1 is 1.22 bits per heavy atom. The summed E-state index contributed by atoms with van der Waals surface area (Å²) in [6.45, 7) is 10.5. The van der Waals surface area contributed by atoms with Crippen LogP contribution in [-0.4, -0.2) is 48.4 Å². The van der Waals surface area contributed by atoms with Crippen molar-refractivity contribution in [2.75, 3.05) is 26.7 Å². The first-order valence-corrected chi connectivity index (χ1v) is 10.4. The zero-order valence-corrected chi connectivity index (χ0v) is 20.4. The van der Waals surface area contributed by atoms with Gasteiger partial charge in [-0.05, 0) is 53.4 Å². The van der Waals surface area contributed by atoms with Crippen molar-refractivity contribution in [3.8, 4) is 0 Å². The lowest BCUT2D eigenvalue weighted by atomic mass is 9.92. The molecule has 0 atom stereocenters. The number of amides is 1. The summed E-state index contributed by atoms with van der Waals surface area (Å²) in [6, 6.07) is 0. The first kappa shape index (κ1) is 24.1. The minimum atomic E-state index is -0.530. The van der Waals surface area contributed by atoms with Crippen LogP contribution in [0.1, 0.15) is 56.1 Å². The van der Waals surface area contributed by atoms with Gasteiger partial charge in [0.15, 0.2) is 5.96 Å². The fourth-order valence-electron chi connectivity index (χ4n) is 2.96. The van der Waals surface area contributed by atoms with E-state index in [0.717, 1.165) is 30.5 Å². The molecule has 0 fully saturated rings. The molecule has 0 spiro atoms. The van der Waals surface area contributed by atoms with Gasteiger partial charge < -0.3 is 15.5 Å². The number of aliphatic imine (C=N–C) groups is 1. The summed E-state index contributed by atoms with van der Waals surface area (Å²) >= 11 is 1.83. The third-order valence-corrected chi connectivity index (χ3v) is 5.68. The highest BCUT2D eigenvalue weighted by Crippen LogP contribution is 2.27. The van der Waals surface area contributed by atoms with Crippen LogP contribution in [0.2, 0.25) is 0 Å². The molecule has 6 nitrogen and oxygen atoms in total. The van der Waals surface area contributed by atoms with Gasteiger partial charge in [-0.2, -0.15) is 0 Å². The monoisotopic (exact) mass is 507 g/mol. The number of fused-ring (bicyclic) bond motifs is 1. The fraction of sp³-hybridized carbons (Fsp3) is 0.737. The number of rotatable bonds is 7. The largest absolute Gasteiger partial charge is 0.357 e. The van der Waals surface area contributed by atoms with Crippen molar-refractivity contribution in [1.82, 2.24) is 20.5 Å². The van der Waals surface area contributed by atoms with E-state index in [2.05, 4.69) is 22.5 Å². The quantitative estimate of drug-likeness (QED) is 0.338. The molecule has 8 heteroatoms. The minimum Gasteiger partial charge on any atom is -0.357 e. The highest BCUT2D eigenvalue weighted by Gasteiger charge is 2.27. The minimum absolute atomic E-state index is 0. The van der Waals surface area contributed by atoms with Gasteiger partial charge in [0.05, 0.1) is 24.2 Å². The van der Waals surface area contributed by atoms with E-state index in [0.29, 0.717) is 13.1 Å². The van der Waals surface area contributed by atoms with Gasteiger partial charge in [-0.15, -0.1) is 35.3 Å². The molecule has 1 aromatic heterocycles. The normalized spacial score (nSPS) is 14.2. The average molecular weight is 507 g/mol. The fourth-order valence-corrected chi connectivity index (χ4v) is 4.18. The Labute approximate surface area is 184 Å². The average Bonchev–Trinajstić information content (AvgIpc) is 3.00. The van der Waals surface area contributed by atoms with Gasteiger partial charge in [0.2, 0.25) is 5.91 Å². The number of carbonyl (C=O) groups is 1. The number of thiazole rings is 1. The van der Waals surface area contributed by atoms with Crippen molar-refractivity contribution < 1.29 is 4.79 Å². The van der Waals surface area contributed by atoms with Gasteiger partial charge >= 0.3 is 0 Å². The number of nitrogens with zero attached hydrogens (tertiary/aromatic N) is 3. The van der Waals surface area contributed by atoms with Crippen LogP contribution >= 0.6 is 35.3 Å². The number of halogens is 1. The number of hydrogen-bond donors (Lipinski definition) is 2. The highest BCUT2D eigenvalue weighted by molar-refractivity contribution is 14.0. The van der Waals surface area contributed by atoms with Crippen LogP contribution in [0, 0.1) is 5.41 Å². The smallest absolute Gasteiger partial charge is 0.227 e. The standard InChI is InChI=1S/C19H33N5OS.HI/c1-6-20-17(25)19(3,4)13-22-18(21-7-2)24(5)12-16-23-14-10-8-9-11-15(14)26-16;/h6-13H2,1-5H3,(H,20,25)(H,21,22);1H. The van der Waals surface area contributed by atoms with E-state index in [9.17, 15) is 4.79 Å². The van der Waals surface area contributed by atoms with Crippen LogP contribution in [0.5, 0.6) is 0 Å². The zero-order chi connectivity index (χ0) is 19.2. The Morgan fingerprint density at radius 3 is 2.52 bits per heavy atom. The molecule has 1 heterocycles. The van der Waals surface area contributed by atoms with Crippen molar-refractivity contribution in [3.63, 3.8) is 0 Å². The second kappa shape index (κ2) is 11.2. The van der Waals surface area contributed by atoms with Crippen LogP contribution in [0.25, 0.3) is 0 Å². The summed E-state index contributed by atoms with van der Waals surface area (Å²) in [5, 5.41) is 7.36. The van der Waals surface area contributed by atoms with Crippen LogP contribution in [-0.2, 0) is 24.2 Å². The summed E-state index contributed by atoms with van der Waals surface area (Å²) in [5.74, 6) is 0.855. The lowest BCUT2D eigenvalue weighted by Gasteiger charge is -2.25. The predicted octanol–water partition coefficient (Wildman–Crippen LogP) is 3.20. The number of guanidine groups is 1. The molecule has 27 heavy (non-hydrogen) atoms. The number of carbonyl (C=O) groups excluding carboxylic acids is 1. The lowest BCUT2D eigenvalue weighted by molar-refractivity contribution is -0.128. The van der Waals surface area contributed by atoms with Crippen LogP contribution in [0.4, 0.5) is 0 Å². The topological polar surface area (TPSA) is 69.6 Å². The van der Waals surface area contributed by atoms with Gasteiger partial charge in [-0.25, -0.2) is 4.98 Å². The van der Waals surface area contributed by atoms with Crippen molar-refractivity contribution in [1.29, 1.82) is 0 Å². The molecule has 0 aliphatic heterocycles. The SMILES string of the molecule is CCNC(=O)C(C)(C)CN=C(NCC)N(C)Cc1nc2c(s1)CCCC2.I. The summed E-state index contributed by atoms with van der Waals surface area (Å²) in [7, 11) is 2.03. The second-order valence-corrected chi connectivity index (χ2v) is 8.62. The first-order chi connectivity index (χ1) is 12.4. The van der Waals surface area contributed by atoms with Crippen molar-refractivity contribution in [2.45, 2.75) is 59.9 Å². The van der Waals surface area contributed by atoms with Gasteiger partial charge in [0, 0.05) is 25.0 Å². The van der Waals surface area contributed by atoms with Crippen molar-refractivity contribution >= 4 is 47.2 Å². The molecule has 2 N–H and O–H groups in total. The molecule has 2 rings (SSSR count). The third-order valence-electron chi connectivity index (χ3n) is 4.53. The molecule has 0 unspecified atom stereocenters. The molecule has 0 bridgehead atoms. The summed E-state index contributed by atoms with van der Waals surface area (Å²) in [4.78, 5) is 25.3. The first-order valence-electron chi connectivity index (χ1n) is 9.62. The van der Waals surface area contributed by atoms with Gasteiger partial charge in [-0.3, -0.25) is 9.79 Å². The Hall–Kier alpha value is -0.900. The van der Waals surface area contributed by atoms with E-state index in [1.165, 1.54) is 29.8 Å². The molecule has 1 aliphatic carbocycles. The molecule has 0 saturated carbocycles. The molecular weight excluding hydrogens is 473 g/mol. The second-order valence-electron chi connectivity index (χ2n) is 7.45. The zero-order valence-electron chi connectivity index (χ0n) is 17.2. The third kappa shape index (κ3) is 6.89. The number of aryl methyl sites for hydroxylation is 2. The van der Waals surface area contributed by atoms with Crippen LogP contribution < -0.4 is 10.6 Å². The summed E-state index contributed by atoms with van der Waals surface area (Å²) in [5.41, 5.74) is 0.765. The van der Waals surface area contributed by atoms with Crippen LogP contribution in [0.15, 0.2) is 4.99 Å². The van der Waals surface area contributed by atoms with Gasteiger partial charge in [-0.1, -0.05) is 0 Å². The Kier molecular flexibility index (Phi) is 10.0. The van der Waals surface area contributed by atoms with E-state index < -0.39 is 5.41 Å². The Balaban J connectivity index is 0.00000364. The van der Waals surface area contributed by atoms with Gasteiger partial charge in [0.1, 0.15) is 5.01 Å². The molecule has 0 saturated heterocycles. The molecular formula is C19H34IN5OS. The molecule has 154 valence electrons. The van der Waals surface area contributed by atoms with Crippen molar-refractivity contribution in [2.24, 2.45) is 10.4 Å². The summed E-state index contributed by atoms with van der Waals surface area (Å²) in [6.07, 6.45) is 4.82. The van der Waals surface area contributed by atoms with Gasteiger partial charge in [0.25, 0.3) is 0 Å².